The van der Waals surface area contributed by atoms with Crippen LogP contribution in [-0.4, -0.2) is 13.1 Å². The van der Waals surface area contributed by atoms with Crippen molar-refractivity contribution in [2.24, 2.45) is 5.41 Å². The summed E-state index contributed by atoms with van der Waals surface area (Å²) in [4.78, 5) is 0. The fraction of sp³-hybridized carbons (Fsp3) is 0.368. The highest BCUT2D eigenvalue weighted by Crippen LogP contribution is 2.58. The molecule has 1 saturated carbocycles. The van der Waals surface area contributed by atoms with Crippen molar-refractivity contribution >= 4 is 17.3 Å². The van der Waals surface area contributed by atoms with E-state index in [9.17, 15) is 0 Å². The number of hydrogen-bond acceptors (Lipinski definition) is 2. The van der Waals surface area contributed by atoms with Crippen LogP contribution in [0.25, 0.3) is 0 Å². The number of rotatable bonds is 3. The minimum atomic E-state index is 0.0123. The second kappa shape index (κ2) is 5.00. The van der Waals surface area contributed by atoms with Crippen LogP contribution in [0.5, 0.6) is 0 Å². The van der Waals surface area contributed by atoms with E-state index in [0.717, 1.165) is 18.1 Å². The molecule has 2 aromatic rings. The highest BCUT2D eigenvalue weighted by molar-refractivity contribution is 6.31. The number of para-hydroxylation sites is 1. The van der Waals surface area contributed by atoms with Crippen LogP contribution in [0.1, 0.15) is 24.0 Å². The number of nitrogens with one attached hydrogen (secondary N) is 2. The van der Waals surface area contributed by atoms with Crippen molar-refractivity contribution in [1.82, 2.24) is 5.32 Å². The van der Waals surface area contributed by atoms with Crippen molar-refractivity contribution in [2.45, 2.75) is 25.3 Å². The summed E-state index contributed by atoms with van der Waals surface area (Å²) in [5, 5.41) is 8.10. The van der Waals surface area contributed by atoms with Gasteiger partial charge >= 0.3 is 0 Å². The van der Waals surface area contributed by atoms with Crippen LogP contribution >= 0.6 is 11.6 Å². The molecule has 0 atom stereocenters. The molecular weight excluding hydrogens is 292 g/mol. The molecule has 1 aliphatic carbocycles. The fourth-order valence-electron chi connectivity index (χ4n) is 4.23. The van der Waals surface area contributed by atoms with Gasteiger partial charge in [0.2, 0.25) is 0 Å². The van der Waals surface area contributed by atoms with E-state index in [4.69, 9.17) is 11.6 Å². The Kier molecular flexibility index (Phi) is 3.21. The van der Waals surface area contributed by atoms with Gasteiger partial charge in [0.25, 0.3) is 0 Å². The van der Waals surface area contributed by atoms with Gasteiger partial charge in [0.1, 0.15) is 0 Å². The topological polar surface area (TPSA) is 24.1 Å². The highest BCUT2D eigenvalue weighted by atomic mass is 35.5. The Morgan fingerprint density at radius 3 is 2.36 bits per heavy atom. The predicted octanol–water partition coefficient (Wildman–Crippen LogP) is 4.34. The average Bonchev–Trinajstić information content (AvgIpc) is 2.45. The summed E-state index contributed by atoms with van der Waals surface area (Å²) in [5.74, 6) is 0. The van der Waals surface area contributed by atoms with Crippen molar-refractivity contribution in [2.75, 3.05) is 18.4 Å². The molecule has 0 unspecified atom stereocenters. The van der Waals surface area contributed by atoms with Gasteiger partial charge in [-0.15, -0.1) is 0 Å². The zero-order chi connectivity index (χ0) is 15.2. The van der Waals surface area contributed by atoms with E-state index in [2.05, 4.69) is 60.0 Å². The minimum Gasteiger partial charge on any atom is -0.375 e. The lowest BCUT2D eigenvalue weighted by molar-refractivity contribution is -0.0118. The van der Waals surface area contributed by atoms with Gasteiger partial charge in [-0.2, -0.15) is 0 Å². The van der Waals surface area contributed by atoms with Crippen molar-refractivity contribution in [1.29, 1.82) is 0 Å². The quantitative estimate of drug-likeness (QED) is 0.881. The van der Waals surface area contributed by atoms with E-state index in [1.165, 1.54) is 29.7 Å². The first-order chi connectivity index (χ1) is 10.6. The van der Waals surface area contributed by atoms with Crippen molar-refractivity contribution < 1.29 is 0 Å². The van der Waals surface area contributed by atoms with E-state index >= 15 is 0 Å². The first-order valence-electron chi connectivity index (χ1n) is 7.92. The van der Waals surface area contributed by atoms with Crippen molar-refractivity contribution in [3.63, 3.8) is 0 Å². The highest BCUT2D eigenvalue weighted by Gasteiger charge is 2.58. The molecule has 22 heavy (non-hydrogen) atoms. The van der Waals surface area contributed by atoms with Crippen LogP contribution in [-0.2, 0) is 5.54 Å². The SMILES string of the molecule is Cc1c(Cl)cccc1C1(Nc2ccccc2)CC2(CNC2)C1. The van der Waals surface area contributed by atoms with Gasteiger partial charge in [-0.05, 0) is 49.1 Å². The molecule has 2 fully saturated rings. The fourth-order valence-corrected chi connectivity index (χ4v) is 4.40. The maximum absolute atomic E-state index is 6.38. The summed E-state index contributed by atoms with van der Waals surface area (Å²) in [6, 6.07) is 16.8. The van der Waals surface area contributed by atoms with Crippen LogP contribution < -0.4 is 10.6 Å². The average molecular weight is 313 g/mol. The Morgan fingerprint density at radius 1 is 1.00 bits per heavy atom. The first kappa shape index (κ1) is 14.1. The zero-order valence-electron chi connectivity index (χ0n) is 12.8. The number of benzene rings is 2. The lowest BCUT2D eigenvalue weighted by Crippen LogP contribution is -2.67. The normalized spacial score (nSPS) is 21.0. The molecule has 0 aromatic heterocycles. The number of hydrogen-bond donors (Lipinski definition) is 2. The maximum Gasteiger partial charge on any atom is 0.0640 e. The monoisotopic (exact) mass is 312 g/mol. The smallest absolute Gasteiger partial charge is 0.0640 e. The van der Waals surface area contributed by atoms with Gasteiger partial charge < -0.3 is 10.6 Å². The molecule has 0 amide bonds. The molecule has 4 rings (SSSR count). The van der Waals surface area contributed by atoms with Crippen LogP contribution in [0, 0.1) is 12.3 Å². The summed E-state index contributed by atoms with van der Waals surface area (Å²) < 4.78 is 0. The van der Waals surface area contributed by atoms with E-state index in [1.807, 2.05) is 6.07 Å². The van der Waals surface area contributed by atoms with Gasteiger partial charge in [-0.25, -0.2) is 0 Å². The molecule has 0 bridgehead atoms. The summed E-state index contributed by atoms with van der Waals surface area (Å²) >= 11 is 6.38. The van der Waals surface area contributed by atoms with E-state index < -0.39 is 0 Å². The Balaban J connectivity index is 1.72. The first-order valence-corrected chi connectivity index (χ1v) is 8.30. The molecule has 2 aromatic carbocycles. The lowest BCUT2D eigenvalue weighted by atomic mass is 9.52. The van der Waals surface area contributed by atoms with Gasteiger partial charge in [-0.1, -0.05) is 41.9 Å². The molecule has 2 nitrogen and oxygen atoms in total. The second-order valence-corrected chi connectivity index (χ2v) is 7.35. The molecule has 1 saturated heterocycles. The third-order valence-electron chi connectivity index (χ3n) is 5.29. The van der Waals surface area contributed by atoms with E-state index in [0.29, 0.717) is 5.41 Å². The van der Waals surface area contributed by atoms with Crippen molar-refractivity contribution in [3.05, 3.63) is 64.7 Å². The Bertz CT molecular complexity index is 684. The van der Waals surface area contributed by atoms with Crippen LogP contribution in [0.2, 0.25) is 5.02 Å². The molecule has 0 radical (unpaired) electrons. The molecule has 2 N–H and O–H groups in total. The molecule has 1 aliphatic heterocycles. The predicted molar refractivity (Wildman–Crippen MR) is 92.5 cm³/mol. The summed E-state index contributed by atoms with van der Waals surface area (Å²) in [6.45, 7) is 4.42. The molecule has 114 valence electrons. The van der Waals surface area contributed by atoms with E-state index in [-0.39, 0.29) is 5.54 Å². The molecule has 2 aliphatic rings. The number of halogens is 1. The molecular formula is C19H21ClN2. The second-order valence-electron chi connectivity index (χ2n) is 6.94. The molecule has 1 spiro atoms. The molecule has 1 heterocycles. The summed E-state index contributed by atoms with van der Waals surface area (Å²) in [6.07, 6.45) is 2.34. The van der Waals surface area contributed by atoms with Crippen LogP contribution in [0.4, 0.5) is 5.69 Å². The summed E-state index contributed by atoms with van der Waals surface area (Å²) in [7, 11) is 0. The summed E-state index contributed by atoms with van der Waals surface area (Å²) in [5.41, 5.74) is 4.23. The van der Waals surface area contributed by atoms with Gasteiger partial charge in [0.15, 0.2) is 0 Å². The van der Waals surface area contributed by atoms with Gasteiger partial charge in [0, 0.05) is 29.2 Å². The third-order valence-corrected chi connectivity index (χ3v) is 5.70. The minimum absolute atomic E-state index is 0.0123. The zero-order valence-corrected chi connectivity index (χ0v) is 13.6. The standard InChI is InChI=1S/C19H21ClN2/c1-14-16(8-5-9-17(14)20)19(10-18(11-19)12-21-13-18)22-15-6-3-2-4-7-15/h2-9,21-22H,10-13H2,1H3. The van der Waals surface area contributed by atoms with Crippen LogP contribution in [0.3, 0.4) is 0 Å². The molecule has 3 heteroatoms. The van der Waals surface area contributed by atoms with Gasteiger partial charge in [0.05, 0.1) is 5.54 Å². The third kappa shape index (κ3) is 2.13. The van der Waals surface area contributed by atoms with Crippen molar-refractivity contribution in [3.8, 4) is 0 Å². The lowest BCUT2D eigenvalue weighted by Gasteiger charge is -2.62. The van der Waals surface area contributed by atoms with Gasteiger partial charge in [-0.3, -0.25) is 0 Å². The Hall–Kier alpha value is -1.51. The number of anilines is 1. The van der Waals surface area contributed by atoms with Crippen LogP contribution in [0.15, 0.2) is 48.5 Å². The largest absolute Gasteiger partial charge is 0.375 e. The van der Waals surface area contributed by atoms with E-state index in [1.54, 1.807) is 0 Å². The Morgan fingerprint density at radius 2 is 1.73 bits per heavy atom. The Labute approximate surface area is 136 Å². The maximum atomic E-state index is 6.38.